The molecule has 3 aromatic rings. The van der Waals surface area contributed by atoms with E-state index in [2.05, 4.69) is 18.8 Å². The molecule has 0 saturated heterocycles. The number of benzene rings is 3. The van der Waals surface area contributed by atoms with Gasteiger partial charge in [-0.15, -0.1) is 0 Å². The smallest absolute Gasteiger partial charge is 0.343 e. The summed E-state index contributed by atoms with van der Waals surface area (Å²) < 4.78 is 65.8. The normalized spacial score (nSPS) is 10.6. The van der Waals surface area contributed by atoms with Crippen LogP contribution < -0.4 is 9.47 Å². The minimum Gasteiger partial charge on any atom is -0.490 e. The molecule has 0 aliphatic carbocycles. The van der Waals surface area contributed by atoms with Gasteiger partial charge in [-0.3, -0.25) is 0 Å². The van der Waals surface area contributed by atoms with Crippen molar-refractivity contribution >= 4 is 5.97 Å². The van der Waals surface area contributed by atoms with Gasteiger partial charge in [-0.25, -0.2) is 18.0 Å². The molecule has 0 amide bonds. The van der Waals surface area contributed by atoms with Crippen LogP contribution in [0.4, 0.5) is 17.6 Å². The maximum absolute atomic E-state index is 14.5. The molecular formula is C31H30F4O3. The predicted octanol–water partition coefficient (Wildman–Crippen LogP) is 8.38. The Morgan fingerprint density at radius 1 is 0.737 bits per heavy atom. The highest BCUT2D eigenvalue weighted by Crippen LogP contribution is 2.23. The topological polar surface area (TPSA) is 35.5 Å². The molecule has 0 radical (unpaired) electrons. The fourth-order valence-electron chi connectivity index (χ4n) is 3.69. The van der Waals surface area contributed by atoms with Crippen LogP contribution in [0.1, 0.15) is 79.8 Å². The van der Waals surface area contributed by atoms with Crippen LogP contribution in [-0.4, -0.2) is 12.6 Å². The van der Waals surface area contributed by atoms with Gasteiger partial charge in [-0.2, -0.15) is 4.39 Å². The Morgan fingerprint density at radius 3 is 2.11 bits per heavy atom. The molecule has 0 unspecified atom stereocenters. The average molecular weight is 527 g/mol. The predicted molar refractivity (Wildman–Crippen MR) is 138 cm³/mol. The van der Waals surface area contributed by atoms with Crippen molar-refractivity contribution in [2.75, 3.05) is 6.61 Å². The van der Waals surface area contributed by atoms with E-state index in [0.717, 1.165) is 37.5 Å². The van der Waals surface area contributed by atoms with E-state index in [9.17, 15) is 22.4 Å². The Kier molecular flexibility index (Phi) is 11.2. The summed E-state index contributed by atoms with van der Waals surface area (Å²) in [5, 5.41) is 0. The zero-order chi connectivity index (χ0) is 27.3. The molecule has 0 saturated carbocycles. The molecule has 0 spiro atoms. The number of unbranched alkanes of at least 4 members (excludes halogenated alkanes) is 7. The van der Waals surface area contributed by atoms with Crippen LogP contribution >= 0.6 is 0 Å². The first-order chi connectivity index (χ1) is 18.4. The van der Waals surface area contributed by atoms with Crippen LogP contribution in [0.3, 0.4) is 0 Å². The largest absolute Gasteiger partial charge is 0.490 e. The molecule has 0 N–H and O–H groups in total. The average Bonchev–Trinajstić information content (AvgIpc) is 2.91. The molecule has 38 heavy (non-hydrogen) atoms. The summed E-state index contributed by atoms with van der Waals surface area (Å²) in [6.07, 6.45) is 9.03. The van der Waals surface area contributed by atoms with E-state index in [0.29, 0.717) is 12.2 Å². The molecule has 0 aliphatic rings. The Hall–Kier alpha value is -3.79. The van der Waals surface area contributed by atoms with E-state index < -0.39 is 29.2 Å². The van der Waals surface area contributed by atoms with Gasteiger partial charge in [0.05, 0.1) is 17.7 Å². The molecule has 0 aliphatic heterocycles. The third-order valence-corrected chi connectivity index (χ3v) is 5.86. The van der Waals surface area contributed by atoms with Crippen molar-refractivity contribution < 1.29 is 31.8 Å². The molecule has 3 rings (SSSR count). The van der Waals surface area contributed by atoms with Crippen molar-refractivity contribution in [2.45, 2.75) is 58.3 Å². The number of carbonyl (C=O) groups is 1. The molecule has 0 bridgehead atoms. The van der Waals surface area contributed by atoms with Crippen LogP contribution in [0.15, 0.2) is 54.6 Å². The molecule has 0 aromatic heterocycles. The first-order valence-corrected chi connectivity index (χ1v) is 12.8. The van der Waals surface area contributed by atoms with E-state index in [4.69, 9.17) is 9.47 Å². The lowest BCUT2D eigenvalue weighted by molar-refractivity contribution is 0.0734. The Balaban J connectivity index is 1.51. The summed E-state index contributed by atoms with van der Waals surface area (Å²) in [7, 11) is 0. The van der Waals surface area contributed by atoms with E-state index in [1.54, 1.807) is 0 Å². The van der Waals surface area contributed by atoms with E-state index in [1.165, 1.54) is 68.5 Å². The fraction of sp³-hybridized carbons (Fsp3) is 0.323. The molecular weight excluding hydrogens is 496 g/mol. The zero-order valence-corrected chi connectivity index (χ0v) is 21.3. The number of hydrogen-bond acceptors (Lipinski definition) is 3. The van der Waals surface area contributed by atoms with E-state index in [-0.39, 0.29) is 22.6 Å². The lowest BCUT2D eigenvalue weighted by atomic mass is 10.1. The second kappa shape index (κ2) is 14.8. The standard InChI is InChI=1S/C31H30F4O3/c1-2-3-4-5-6-7-8-9-20-37-28-19-15-23(29(34)30(28)35)13-10-22-11-16-25(17-12-22)38-31(36)24-14-18-26(32)27(33)21-24/h11-12,14-19,21H,2-9,20H2,1H3. The highest BCUT2D eigenvalue weighted by molar-refractivity contribution is 5.91. The highest BCUT2D eigenvalue weighted by atomic mass is 19.2. The summed E-state index contributed by atoms with van der Waals surface area (Å²) in [4.78, 5) is 12.1. The second-order valence-corrected chi connectivity index (χ2v) is 8.86. The summed E-state index contributed by atoms with van der Waals surface area (Å²) in [6.45, 7) is 2.51. The molecule has 200 valence electrons. The molecule has 0 heterocycles. The number of esters is 1. The van der Waals surface area contributed by atoms with Crippen LogP contribution in [0.2, 0.25) is 0 Å². The molecule has 0 atom stereocenters. The molecule has 3 nitrogen and oxygen atoms in total. The Bertz CT molecular complexity index is 1280. The first-order valence-electron chi connectivity index (χ1n) is 12.8. The van der Waals surface area contributed by atoms with Gasteiger partial charge in [-0.05, 0) is 61.0 Å². The van der Waals surface area contributed by atoms with Crippen LogP contribution in [0.5, 0.6) is 11.5 Å². The maximum atomic E-state index is 14.5. The van der Waals surface area contributed by atoms with Crippen molar-refractivity contribution in [1.82, 2.24) is 0 Å². The van der Waals surface area contributed by atoms with E-state index >= 15 is 0 Å². The van der Waals surface area contributed by atoms with Gasteiger partial charge in [0.25, 0.3) is 0 Å². The summed E-state index contributed by atoms with van der Waals surface area (Å²) in [6, 6.07) is 11.4. The summed E-state index contributed by atoms with van der Waals surface area (Å²) in [5.41, 5.74) is 0.207. The lowest BCUT2D eigenvalue weighted by Crippen LogP contribution is -2.09. The first kappa shape index (κ1) is 28.8. The number of hydrogen-bond donors (Lipinski definition) is 0. The van der Waals surface area contributed by atoms with Crippen LogP contribution in [0.25, 0.3) is 0 Å². The minimum absolute atomic E-state index is 0.115. The third kappa shape index (κ3) is 8.65. The molecule has 0 fully saturated rings. The summed E-state index contributed by atoms with van der Waals surface area (Å²) >= 11 is 0. The number of carbonyl (C=O) groups excluding carboxylic acids is 1. The van der Waals surface area contributed by atoms with Gasteiger partial charge in [0.2, 0.25) is 5.82 Å². The van der Waals surface area contributed by atoms with Crippen molar-refractivity contribution in [1.29, 1.82) is 0 Å². The number of ether oxygens (including phenoxy) is 2. The SMILES string of the molecule is CCCCCCCCCCOc1ccc(C#Cc2ccc(OC(=O)c3ccc(F)c(F)c3)cc2)c(F)c1F. The van der Waals surface area contributed by atoms with E-state index in [1.807, 2.05) is 0 Å². The quantitative estimate of drug-likeness (QED) is 0.0782. The minimum atomic E-state index is -1.16. The van der Waals surface area contributed by atoms with Crippen LogP contribution in [0, 0.1) is 35.1 Å². The van der Waals surface area contributed by atoms with Gasteiger partial charge < -0.3 is 9.47 Å². The van der Waals surface area contributed by atoms with Crippen molar-refractivity contribution in [3.8, 4) is 23.3 Å². The van der Waals surface area contributed by atoms with Gasteiger partial charge >= 0.3 is 5.97 Å². The molecule has 7 heteroatoms. The Morgan fingerprint density at radius 2 is 1.42 bits per heavy atom. The van der Waals surface area contributed by atoms with Crippen molar-refractivity contribution in [2.24, 2.45) is 0 Å². The third-order valence-electron chi connectivity index (χ3n) is 5.86. The zero-order valence-electron chi connectivity index (χ0n) is 21.3. The van der Waals surface area contributed by atoms with Gasteiger partial charge in [0.1, 0.15) is 5.75 Å². The summed E-state index contributed by atoms with van der Waals surface area (Å²) in [5.74, 6) is 0.107. The Labute approximate surface area is 220 Å². The number of rotatable bonds is 12. The van der Waals surface area contributed by atoms with Crippen molar-refractivity contribution in [3.05, 3.63) is 94.6 Å². The second-order valence-electron chi connectivity index (χ2n) is 8.86. The van der Waals surface area contributed by atoms with Gasteiger partial charge in [0.15, 0.2) is 23.2 Å². The monoisotopic (exact) mass is 526 g/mol. The maximum Gasteiger partial charge on any atom is 0.343 e. The van der Waals surface area contributed by atoms with Gasteiger partial charge in [-0.1, -0.05) is 63.7 Å². The fourth-order valence-corrected chi connectivity index (χ4v) is 3.69. The number of halogens is 4. The van der Waals surface area contributed by atoms with Crippen molar-refractivity contribution in [3.63, 3.8) is 0 Å². The molecule has 3 aromatic carbocycles. The lowest BCUT2D eigenvalue weighted by Gasteiger charge is -2.08. The highest BCUT2D eigenvalue weighted by Gasteiger charge is 2.14. The van der Waals surface area contributed by atoms with Crippen LogP contribution in [-0.2, 0) is 0 Å². The van der Waals surface area contributed by atoms with Gasteiger partial charge in [0, 0.05) is 5.56 Å².